The second-order valence-corrected chi connectivity index (χ2v) is 3.68. The summed E-state index contributed by atoms with van der Waals surface area (Å²) in [7, 11) is 0. The van der Waals surface area contributed by atoms with Gasteiger partial charge in [0.05, 0.1) is 13.1 Å². The molecule has 0 spiro atoms. The maximum atomic E-state index is 11.6. The molecular formula is C11H18N2O. The van der Waals surface area contributed by atoms with E-state index in [1.54, 1.807) is 0 Å². The van der Waals surface area contributed by atoms with Crippen molar-refractivity contribution in [3.8, 4) is 12.3 Å². The molecule has 1 amide bonds. The summed E-state index contributed by atoms with van der Waals surface area (Å²) in [6, 6.07) is 0. The Bertz CT molecular complexity index is 228. The fraction of sp³-hybridized carbons (Fsp3) is 0.727. The predicted molar refractivity (Wildman–Crippen MR) is 56.7 cm³/mol. The van der Waals surface area contributed by atoms with Crippen LogP contribution in [0.2, 0.25) is 0 Å². The number of terminal acetylenes is 1. The molecule has 0 radical (unpaired) electrons. The quantitative estimate of drug-likeness (QED) is 0.492. The number of amides is 1. The monoisotopic (exact) mass is 194 g/mol. The zero-order valence-corrected chi connectivity index (χ0v) is 8.75. The Hall–Kier alpha value is -1.01. The van der Waals surface area contributed by atoms with Crippen LogP contribution in [0.25, 0.3) is 0 Å². The molecule has 3 heteroatoms. The summed E-state index contributed by atoms with van der Waals surface area (Å²) < 4.78 is 0. The average Bonchev–Trinajstić information content (AvgIpc) is 2.98. The zero-order chi connectivity index (χ0) is 10.4. The van der Waals surface area contributed by atoms with E-state index in [4.69, 9.17) is 6.42 Å². The van der Waals surface area contributed by atoms with E-state index < -0.39 is 0 Å². The maximum Gasteiger partial charge on any atom is 0.236 e. The predicted octanol–water partition coefficient (Wildman–Crippen LogP) is 0.468. The number of likely N-dealkylation sites (N-methyl/N-ethyl adjacent to an activating group) is 1. The highest BCUT2D eigenvalue weighted by Crippen LogP contribution is 2.29. The normalized spacial score (nSPS) is 14.9. The summed E-state index contributed by atoms with van der Waals surface area (Å²) in [6.45, 7) is 4.57. The van der Waals surface area contributed by atoms with Crippen LogP contribution in [0.3, 0.4) is 0 Å². The molecule has 1 aliphatic rings. The smallest absolute Gasteiger partial charge is 0.236 e. The SMILES string of the molecule is C#CCNCC(=O)N(CC)CC1CC1. The molecule has 0 bridgehead atoms. The summed E-state index contributed by atoms with van der Waals surface area (Å²) in [4.78, 5) is 13.5. The van der Waals surface area contributed by atoms with Gasteiger partial charge in [0.25, 0.3) is 0 Å². The van der Waals surface area contributed by atoms with Crippen molar-refractivity contribution in [3.63, 3.8) is 0 Å². The van der Waals surface area contributed by atoms with Gasteiger partial charge in [0.1, 0.15) is 0 Å². The highest BCUT2D eigenvalue weighted by Gasteiger charge is 2.25. The summed E-state index contributed by atoms with van der Waals surface area (Å²) in [5.74, 6) is 3.37. The summed E-state index contributed by atoms with van der Waals surface area (Å²) in [6.07, 6.45) is 7.64. The second-order valence-electron chi connectivity index (χ2n) is 3.68. The van der Waals surface area contributed by atoms with Crippen molar-refractivity contribution in [1.29, 1.82) is 0 Å². The topological polar surface area (TPSA) is 32.3 Å². The molecule has 0 unspecified atom stereocenters. The first-order valence-electron chi connectivity index (χ1n) is 5.19. The van der Waals surface area contributed by atoms with Gasteiger partial charge >= 0.3 is 0 Å². The van der Waals surface area contributed by atoms with E-state index in [1.807, 2.05) is 11.8 Å². The van der Waals surface area contributed by atoms with Crippen molar-refractivity contribution in [2.45, 2.75) is 19.8 Å². The molecule has 1 aliphatic carbocycles. The van der Waals surface area contributed by atoms with Crippen LogP contribution in [0.4, 0.5) is 0 Å². The average molecular weight is 194 g/mol. The third-order valence-corrected chi connectivity index (χ3v) is 2.41. The van der Waals surface area contributed by atoms with Gasteiger partial charge in [-0.2, -0.15) is 0 Å². The molecule has 0 atom stereocenters. The lowest BCUT2D eigenvalue weighted by Crippen LogP contribution is -2.39. The maximum absolute atomic E-state index is 11.6. The number of carbonyl (C=O) groups excluding carboxylic acids is 1. The largest absolute Gasteiger partial charge is 0.342 e. The van der Waals surface area contributed by atoms with Gasteiger partial charge in [-0.15, -0.1) is 6.42 Å². The number of nitrogens with zero attached hydrogens (tertiary/aromatic N) is 1. The molecule has 3 nitrogen and oxygen atoms in total. The Labute approximate surface area is 85.9 Å². The van der Waals surface area contributed by atoms with E-state index in [1.165, 1.54) is 12.8 Å². The molecule has 1 N–H and O–H groups in total. The van der Waals surface area contributed by atoms with Gasteiger partial charge in [-0.25, -0.2) is 0 Å². The van der Waals surface area contributed by atoms with Crippen LogP contribution >= 0.6 is 0 Å². The van der Waals surface area contributed by atoms with Gasteiger partial charge in [-0.3, -0.25) is 10.1 Å². The first-order valence-corrected chi connectivity index (χ1v) is 5.19. The van der Waals surface area contributed by atoms with Crippen molar-refractivity contribution in [1.82, 2.24) is 10.2 Å². The lowest BCUT2D eigenvalue weighted by atomic mass is 10.3. The van der Waals surface area contributed by atoms with Gasteiger partial charge in [0.15, 0.2) is 0 Å². The number of nitrogens with one attached hydrogen (secondary N) is 1. The lowest BCUT2D eigenvalue weighted by molar-refractivity contribution is -0.130. The minimum Gasteiger partial charge on any atom is -0.342 e. The number of hydrogen-bond donors (Lipinski definition) is 1. The van der Waals surface area contributed by atoms with Crippen LogP contribution < -0.4 is 5.32 Å². The first-order chi connectivity index (χ1) is 6.77. The van der Waals surface area contributed by atoms with Gasteiger partial charge < -0.3 is 4.90 Å². The van der Waals surface area contributed by atoms with Crippen molar-refractivity contribution in [3.05, 3.63) is 0 Å². The van der Waals surface area contributed by atoms with Gasteiger partial charge in [-0.1, -0.05) is 5.92 Å². The van der Waals surface area contributed by atoms with E-state index >= 15 is 0 Å². The third-order valence-electron chi connectivity index (χ3n) is 2.41. The summed E-state index contributed by atoms with van der Waals surface area (Å²) in [5.41, 5.74) is 0. The Kier molecular flexibility index (Phi) is 4.48. The summed E-state index contributed by atoms with van der Waals surface area (Å²) >= 11 is 0. The lowest BCUT2D eigenvalue weighted by Gasteiger charge is -2.20. The van der Waals surface area contributed by atoms with Crippen molar-refractivity contribution in [2.75, 3.05) is 26.2 Å². The van der Waals surface area contributed by atoms with Crippen LogP contribution in [0.1, 0.15) is 19.8 Å². The second kappa shape index (κ2) is 5.66. The number of rotatable bonds is 6. The molecule has 1 saturated carbocycles. The molecule has 0 saturated heterocycles. The Morgan fingerprint density at radius 3 is 2.86 bits per heavy atom. The molecular weight excluding hydrogens is 176 g/mol. The molecule has 14 heavy (non-hydrogen) atoms. The van der Waals surface area contributed by atoms with Crippen LogP contribution in [0, 0.1) is 18.3 Å². The first kappa shape index (κ1) is 11.1. The molecule has 0 aliphatic heterocycles. The standard InChI is InChI=1S/C11H18N2O/c1-3-7-12-8-11(14)13(4-2)9-10-5-6-10/h1,10,12H,4-9H2,2H3. The Balaban J connectivity index is 2.20. The van der Waals surface area contributed by atoms with E-state index in [-0.39, 0.29) is 5.91 Å². The minimum atomic E-state index is 0.162. The van der Waals surface area contributed by atoms with Crippen LogP contribution in [-0.4, -0.2) is 37.0 Å². The van der Waals surface area contributed by atoms with Gasteiger partial charge in [-0.05, 0) is 25.7 Å². The van der Waals surface area contributed by atoms with E-state index in [0.29, 0.717) is 13.1 Å². The van der Waals surface area contributed by atoms with E-state index in [2.05, 4.69) is 11.2 Å². The number of carbonyl (C=O) groups is 1. The third kappa shape index (κ3) is 3.80. The summed E-state index contributed by atoms with van der Waals surface area (Å²) in [5, 5.41) is 2.92. The Morgan fingerprint density at radius 2 is 2.36 bits per heavy atom. The molecule has 78 valence electrons. The van der Waals surface area contributed by atoms with Crippen molar-refractivity contribution < 1.29 is 4.79 Å². The van der Waals surface area contributed by atoms with E-state index in [9.17, 15) is 4.79 Å². The highest BCUT2D eigenvalue weighted by atomic mass is 16.2. The van der Waals surface area contributed by atoms with Gasteiger partial charge in [0.2, 0.25) is 5.91 Å². The van der Waals surface area contributed by atoms with E-state index in [0.717, 1.165) is 19.0 Å². The molecule has 0 heterocycles. The number of hydrogen-bond acceptors (Lipinski definition) is 2. The zero-order valence-electron chi connectivity index (χ0n) is 8.75. The minimum absolute atomic E-state index is 0.162. The van der Waals surface area contributed by atoms with Crippen LogP contribution in [0.15, 0.2) is 0 Å². The molecule has 0 aromatic rings. The van der Waals surface area contributed by atoms with Crippen LogP contribution in [-0.2, 0) is 4.79 Å². The molecule has 1 rings (SSSR count). The van der Waals surface area contributed by atoms with Crippen molar-refractivity contribution >= 4 is 5.91 Å². The Morgan fingerprint density at radius 1 is 1.64 bits per heavy atom. The molecule has 0 aromatic carbocycles. The molecule has 0 aromatic heterocycles. The van der Waals surface area contributed by atoms with Gasteiger partial charge in [0, 0.05) is 13.1 Å². The van der Waals surface area contributed by atoms with Crippen LogP contribution in [0.5, 0.6) is 0 Å². The molecule has 1 fully saturated rings. The highest BCUT2D eigenvalue weighted by molar-refractivity contribution is 5.78. The fourth-order valence-electron chi connectivity index (χ4n) is 1.37. The fourth-order valence-corrected chi connectivity index (χ4v) is 1.37. The van der Waals surface area contributed by atoms with Crippen molar-refractivity contribution in [2.24, 2.45) is 5.92 Å².